The van der Waals surface area contributed by atoms with Gasteiger partial charge in [-0.05, 0) is 43.3 Å². The van der Waals surface area contributed by atoms with Crippen LogP contribution in [0, 0.1) is 0 Å². The summed E-state index contributed by atoms with van der Waals surface area (Å²) in [6, 6.07) is 13.5. The molecular weight excluding hydrogens is 444 g/mol. The number of carbonyl (C=O) groups excluding carboxylic acids is 1. The number of anilines is 1. The number of benzene rings is 2. The molecule has 2 aromatic carbocycles. The highest BCUT2D eigenvalue weighted by Gasteiger charge is 2.20. The first kappa shape index (κ1) is 22.4. The number of sulfonamides is 1. The van der Waals surface area contributed by atoms with Gasteiger partial charge in [0.15, 0.2) is 5.16 Å². The van der Waals surface area contributed by atoms with Crippen molar-refractivity contribution in [3.63, 3.8) is 0 Å². The van der Waals surface area contributed by atoms with Crippen molar-refractivity contribution in [3.8, 4) is 5.69 Å². The average molecular weight is 465 g/mol. The summed E-state index contributed by atoms with van der Waals surface area (Å²) < 4.78 is 27.6. The van der Waals surface area contributed by atoms with Crippen LogP contribution in [-0.4, -0.2) is 47.5 Å². The van der Waals surface area contributed by atoms with Crippen molar-refractivity contribution >= 4 is 45.0 Å². The number of hydrogen-bond acceptors (Lipinski definition) is 5. The summed E-state index contributed by atoms with van der Waals surface area (Å²) >= 11 is 7.36. The quantitative estimate of drug-likeness (QED) is 0.536. The molecule has 0 spiro atoms. The van der Waals surface area contributed by atoms with Crippen LogP contribution in [0.25, 0.3) is 5.69 Å². The summed E-state index contributed by atoms with van der Waals surface area (Å²) in [5, 5.41) is 3.55. The summed E-state index contributed by atoms with van der Waals surface area (Å²) in [6.07, 6.45) is 3.46. The molecule has 0 aliphatic carbocycles. The van der Waals surface area contributed by atoms with Crippen molar-refractivity contribution in [1.29, 1.82) is 0 Å². The minimum absolute atomic E-state index is 0.113. The molecule has 0 saturated carbocycles. The molecular formula is C20H21ClN4O3S2. The average Bonchev–Trinajstić information content (AvgIpc) is 3.16. The van der Waals surface area contributed by atoms with Crippen molar-refractivity contribution in [2.75, 3.05) is 19.4 Å². The SMILES string of the molecule is C[C@@H](Sc1nccn1-c1cccc(Cl)c1)C(=O)Nc1cccc(S(=O)(=O)N(C)C)c1. The third-order valence-electron chi connectivity index (χ3n) is 4.22. The highest BCUT2D eigenvalue weighted by atomic mass is 35.5. The van der Waals surface area contributed by atoms with Crippen LogP contribution in [0.3, 0.4) is 0 Å². The number of amides is 1. The van der Waals surface area contributed by atoms with Crippen molar-refractivity contribution < 1.29 is 13.2 Å². The molecule has 3 aromatic rings. The fraction of sp³-hybridized carbons (Fsp3) is 0.200. The van der Waals surface area contributed by atoms with E-state index in [1.54, 1.807) is 37.5 Å². The molecule has 30 heavy (non-hydrogen) atoms. The summed E-state index contributed by atoms with van der Waals surface area (Å²) in [5.41, 5.74) is 1.25. The smallest absolute Gasteiger partial charge is 0.242 e. The molecule has 1 heterocycles. The first-order valence-electron chi connectivity index (χ1n) is 8.98. The maximum absolute atomic E-state index is 12.7. The van der Waals surface area contributed by atoms with Crippen LogP contribution < -0.4 is 5.32 Å². The molecule has 0 radical (unpaired) electrons. The van der Waals surface area contributed by atoms with Crippen LogP contribution in [0.2, 0.25) is 5.02 Å². The van der Waals surface area contributed by atoms with Crippen LogP contribution in [0.5, 0.6) is 0 Å². The van der Waals surface area contributed by atoms with Gasteiger partial charge >= 0.3 is 0 Å². The first-order chi connectivity index (χ1) is 14.2. The Morgan fingerprint density at radius 2 is 1.93 bits per heavy atom. The van der Waals surface area contributed by atoms with Gasteiger partial charge in [0.05, 0.1) is 10.1 Å². The standard InChI is InChI=1S/C20H21ClN4O3S2/c1-14(29-20-22-10-11-25(20)17-8-4-6-15(21)12-17)19(26)23-16-7-5-9-18(13-16)30(27,28)24(2)3/h4-14H,1-3H3,(H,23,26)/t14-/m1/s1. The van der Waals surface area contributed by atoms with Crippen LogP contribution >= 0.6 is 23.4 Å². The van der Waals surface area contributed by atoms with Crippen molar-refractivity contribution in [3.05, 3.63) is 65.9 Å². The summed E-state index contributed by atoms with van der Waals surface area (Å²) in [4.78, 5) is 17.1. The fourth-order valence-electron chi connectivity index (χ4n) is 2.60. The normalized spacial score (nSPS) is 12.7. The number of carbonyl (C=O) groups is 1. The first-order valence-corrected chi connectivity index (χ1v) is 11.7. The predicted octanol–water partition coefficient (Wildman–Crippen LogP) is 3.90. The van der Waals surface area contributed by atoms with Gasteiger partial charge in [-0.2, -0.15) is 0 Å². The molecule has 3 rings (SSSR count). The molecule has 1 N–H and O–H groups in total. The molecule has 7 nitrogen and oxygen atoms in total. The number of rotatable bonds is 7. The lowest BCUT2D eigenvalue weighted by Crippen LogP contribution is -2.24. The maximum Gasteiger partial charge on any atom is 0.242 e. The van der Waals surface area contributed by atoms with E-state index in [0.717, 1.165) is 9.99 Å². The molecule has 0 fully saturated rings. The van der Waals surface area contributed by atoms with E-state index >= 15 is 0 Å². The number of halogens is 1. The minimum Gasteiger partial charge on any atom is -0.325 e. The Bertz CT molecular complexity index is 1160. The zero-order valence-corrected chi connectivity index (χ0v) is 19.0. The lowest BCUT2D eigenvalue weighted by atomic mass is 10.3. The fourth-order valence-corrected chi connectivity index (χ4v) is 4.62. The van der Waals surface area contributed by atoms with Crippen molar-refractivity contribution in [2.24, 2.45) is 0 Å². The van der Waals surface area contributed by atoms with Gasteiger partial charge in [0.2, 0.25) is 15.9 Å². The Labute approximate surface area is 185 Å². The van der Waals surface area contributed by atoms with Crippen LogP contribution in [0.4, 0.5) is 5.69 Å². The van der Waals surface area contributed by atoms with E-state index in [1.165, 1.54) is 38.0 Å². The maximum atomic E-state index is 12.7. The molecule has 10 heteroatoms. The predicted molar refractivity (Wildman–Crippen MR) is 120 cm³/mol. The second kappa shape index (κ2) is 9.22. The summed E-state index contributed by atoms with van der Waals surface area (Å²) in [7, 11) is -0.664. The number of nitrogens with one attached hydrogen (secondary N) is 1. The third-order valence-corrected chi connectivity index (χ3v) is 7.35. The van der Waals surface area contributed by atoms with Crippen molar-refractivity contribution in [2.45, 2.75) is 22.2 Å². The molecule has 0 aliphatic rings. The summed E-state index contributed by atoms with van der Waals surface area (Å²) in [5.74, 6) is -0.264. The second-order valence-electron chi connectivity index (χ2n) is 6.62. The van der Waals surface area contributed by atoms with Crippen LogP contribution in [-0.2, 0) is 14.8 Å². The number of imidazole rings is 1. The third kappa shape index (κ3) is 5.04. The van der Waals surface area contributed by atoms with Gasteiger partial charge < -0.3 is 5.32 Å². The Balaban J connectivity index is 1.74. The molecule has 1 aromatic heterocycles. The topological polar surface area (TPSA) is 84.3 Å². The van der Waals surface area contributed by atoms with E-state index in [9.17, 15) is 13.2 Å². The molecule has 1 amide bonds. The minimum atomic E-state index is -3.58. The van der Waals surface area contributed by atoms with E-state index in [4.69, 9.17) is 11.6 Å². The lowest BCUT2D eigenvalue weighted by molar-refractivity contribution is -0.115. The highest BCUT2D eigenvalue weighted by Crippen LogP contribution is 2.27. The molecule has 1 atom stereocenters. The van der Waals surface area contributed by atoms with Crippen LogP contribution in [0.1, 0.15) is 6.92 Å². The van der Waals surface area contributed by atoms with Gasteiger partial charge in [-0.15, -0.1) is 0 Å². The van der Waals surface area contributed by atoms with Gasteiger partial charge in [0.1, 0.15) is 0 Å². The Kier molecular flexibility index (Phi) is 6.87. The highest BCUT2D eigenvalue weighted by molar-refractivity contribution is 8.00. The van der Waals surface area contributed by atoms with Gasteiger partial charge in [-0.25, -0.2) is 17.7 Å². The van der Waals surface area contributed by atoms with E-state index in [-0.39, 0.29) is 10.8 Å². The molecule has 0 bridgehead atoms. The molecule has 0 aliphatic heterocycles. The number of aromatic nitrogens is 2. The van der Waals surface area contributed by atoms with E-state index in [1.807, 2.05) is 22.8 Å². The summed E-state index contributed by atoms with van der Waals surface area (Å²) in [6.45, 7) is 1.76. The van der Waals surface area contributed by atoms with Gasteiger partial charge in [0.25, 0.3) is 0 Å². The Hall–Kier alpha value is -2.33. The molecule has 158 valence electrons. The Morgan fingerprint density at radius 1 is 1.20 bits per heavy atom. The number of hydrogen-bond donors (Lipinski definition) is 1. The molecule has 0 saturated heterocycles. The second-order valence-corrected chi connectivity index (χ2v) is 10.5. The lowest BCUT2D eigenvalue weighted by Gasteiger charge is -2.15. The zero-order valence-electron chi connectivity index (χ0n) is 16.6. The van der Waals surface area contributed by atoms with E-state index < -0.39 is 15.3 Å². The van der Waals surface area contributed by atoms with E-state index in [2.05, 4.69) is 10.3 Å². The molecule has 0 unspecified atom stereocenters. The Morgan fingerprint density at radius 3 is 2.63 bits per heavy atom. The van der Waals surface area contributed by atoms with Gasteiger partial charge in [-0.3, -0.25) is 9.36 Å². The zero-order chi connectivity index (χ0) is 21.9. The van der Waals surface area contributed by atoms with Crippen LogP contribution in [0.15, 0.2) is 71.0 Å². The largest absolute Gasteiger partial charge is 0.325 e. The number of nitrogens with zero attached hydrogens (tertiary/aromatic N) is 3. The monoisotopic (exact) mass is 464 g/mol. The van der Waals surface area contributed by atoms with E-state index in [0.29, 0.717) is 15.9 Å². The van der Waals surface area contributed by atoms with Gasteiger partial charge in [0, 0.05) is 42.9 Å². The number of thioether (sulfide) groups is 1. The van der Waals surface area contributed by atoms with Crippen molar-refractivity contribution in [1.82, 2.24) is 13.9 Å². The van der Waals surface area contributed by atoms with Gasteiger partial charge in [-0.1, -0.05) is 35.5 Å².